The van der Waals surface area contributed by atoms with Gasteiger partial charge in [-0.15, -0.1) is 0 Å². The van der Waals surface area contributed by atoms with Gasteiger partial charge in [0.2, 0.25) is 5.95 Å². The fraction of sp³-hybridized carbons (Fsp3) is 0. The number of furan rings is 2. The Kier molecular flexibility index (Phi) is 7.80. The van der Waals surface area contributed by atoms with Gasteiger partial charge in [-0.05, 0) is 70.8 Å². The summed E-state index contributed by atoms with van der Waals surface area (Å²) < 4.78 is 15.1. The monoisotopic (exact) mass is 806 g/mol. The number of para-hydroxylation sites is 4. The summed E-state index contributed by atoms with van der Waals surface area (Å²) in [6.07, 6.45) is 0. The highest BCUT2D eigenvalue weighted by molar-refractivity contribution is 6.16. The molecule has 0 bridgehead atoms. The van der Waals surface area contributed by atoms with E-state index in [1.807, 2.05) is 66.7 Å². The summed E-state index contributed by atoms with van der Waals surface area (Å²) >= 11 is 0. The van der Waals surface area contributed by atoms with Gasteiger partial charge in [-0.3, -0.25) is 4.57 Å². The van der Waals surface area contributed by atoms with Crippen molar-refractivity contribution in [1.82, 2.24) is 19.5 Å². The molecule has 0 amide bonds. The van der Waals surface area contributed by atoms with E-state index in [1.165, 1.54) is 0 Å². The van der Waals surface area contributed by atoms with Crippen LogP contribution in [0.1, 0.15) is 0 Å². The zero-order chi connectivity index (χ0) is 41.4. The maximum Gasteiger partial charge on any atom is 0.238 e. The third kappa shape index (κ3) is 5.69. The molecule has 4 aromatic heterocycles. The van der Waals surface area contributed by atoms with Crippen molar-refractivity contribution >= 4 is 65.7 Å². The molecule has 0 saturated heterocycles. The van der Waals surface area contributed by atoms with E-state index in [9.17, 15) is 0 Å². The molecule has 63 heavy (non-hydrogen) atoms. The van der Waals surface area contributed by atoms with Crippen LogP contribution in [-0.2, 0) is 0 Å². The molecule has 0 atom stereocenters. The average Bonchev–Trinajstić information content (AvgIpc) is 4.04. The molecular weight excluding hydrogens is 773 g/mol. The molecule has 9 aromatic carbocycles. The van der Waals surface area contributed by atoms with Gasteiger partial charge in [-0.25, -0.2) is 4.98 Å². The maximum absolute atomic E-state index is 6.55. The molecule has 0 unspecified atom stereocenters. The van der Waals surface area contributed by atoms with Crippen LogP contribution in [0.15, 0.2) is 215 Å². The predicted molar refractivity (Wildman–Crippen MR) is 256 cm³/mol. The zero-order valence-electron chi connectivity index (χ0n) is 33.7. The lowest BCUT2D eigenvalue weighted by Crippen LogP contribution is -2.07. The second-order valence-electron chi connectivity index (χ2n) is 16.0. The molecule has 0 aliphatic rings. The van der Waals surface area contributed by atoms with Crippen LogP contribution in [0.4, 0.5) is 0 Å². The molecule has 0 aliphatic heterocycles. The fourth-order valence-electron chi connectivity index (χ4n) is 9.33. The number of hydrogen-bond donors (Lipinski definition) is 0. The Bertz CT molecular complexity index is 3920. The first-order valence-corrected chi connectivity index (χ1v) is 21.1. The van der Waals surface area contributed by atoms with Crippen molar-refractivity contribution in [1.29, 1.82) is 0 Å². The maximum atomic E-state index is 6.55. The van der Waals surface area contributed by atoms with Gasteiger partial charge in [0.1, 0.15) is 22.3 Å². The minimum atomic E-state index is 0.520. The Labute approximate surface area is 361 Å². The van der Waals surface area contributed by atoms with Crippen LogP contribution in [0.2, 0.25) is 0 Å². The second-order valence-corrected chi connectivity index (χ2v) is 16.0. The van der Waals surface area contributed by atoms with Crippen molar-refractivity contribution in [3.8, 4) is 62.1 Å². The Morgan fingerprint density at radius 3 is 1.70 bits per heavy atom. The third-order valence-electron chi connectivity index (χ3n) is 12.3. The summed E-state index contributed by atoms with van der Waals surface area (Å²) in [5.74, 6) is 1.65. The quantitative estimate of drug-likeness (QED) is 0.167. The van der Waals surface area contributed by atoms with E-state index in [2.05, 4.69) is 144 Å². The molecule has 13 aromatic rings. The van der Waals surface area contributed by atoms with E-state index in [1.54, 1.807) is 0 Å². The lowest BCUT2D eigenvalue weighted by molar-refractivity contribution is 0.669. The summed E-state index contributed by atoms with van der Waals surface area (Å²) in [7, 11) is 0. The summed E-state index contributed by atoms with van der Waals surface area (Å²) in [6, 6.07) is 71.7. The van der Waals surface area contributed by atoms with Gasteiger partial charge in [0.15, 0.2) is 11.6 Å². The molecule has 0 radical (unpaired) electrons. The molecule has 6 heteroatoms. The van der Waals surface area contributed by atoms with Crippen LogP contribution in [0.25, 0.3) is 128 Å². The van der Waals surface area contributed by atoms with Crippen LogP contribution in [0.3, 0.4) is 0 Å². The van der Waals surface area contributed by atoms with E-state index < -0.39 is 0 Å². The highest BCUT2D eigenvalue weighted by Gasteiger charge is 2.23. The van der Waals surface area contributed by atoms with E-state index in [0.29, 0.717) is 17.6 Å². The van der Waals surface area contributed by atoms with Crippen molar-refractivity contribution < 1.29 is 8.83 Å². The number of hydrogen-bond acceptors (Lipinski definition) is 5. The first kappa shape index (κ1) is 35.2. The number of nitrogens with zero attached hydrogens (tertiary/aromatic N) is 4. The van der Waals surface area contributed by atoms with Crippen molar-refractivity contribution in [2.24, 2.45) is 0 Å². The fourth-order valence-corrected chi connectivity index (χ4v) is 9.33. The van der Waals surface area contributed by atoms with Gasteiger partial charge >= 0.3 is 0 Å². The summed E-state index contributed by atoms with van der Waals surface area (Å²) in [5, 5.41) is 6.52. The molecule has 0 spiro atoms. The highest BCUT2D eigenvalue weighted by atomic mass is 16.3. The molecule has 0 fully saturated rings. The van der Waals surface area contributed by atoms with Crippen LogP contribution in [0, 0.1) is 0 Å². The zero-order valence-corrected chi connectivity index (χ0v) is 33.7. The summed E-state index contributed by atoms with van der Waals surface area (Å²) in [4.78, 5) is 15.8. The Morgan fingerprint density at radius 1 is 0.317 bits per heavy atom. The summed E-state index contributed by atoms with van der Waals surface area (Å²) in [5.41, 5.74) is 13.6. The average molecular weight is 807 g/mol. The molecule has 6 nitrogen and oxygen atoms in total. The van der Waals surface area contributed by atoms with Gasteiger partial charge in [-0.1, -0.05) is 158 Å². The van der Waals surface area contributed by atoms with Crippen molar-refractivity contribution in [3.05, 3.63) is 206 Å². The number of rotatable bonds is 6. The van der Waals surface area contributed by atoms with E-state index in [-0.39, 0.29) is 0 Å². The molecule has 0 saturated carbocycles. The lowest BCUT2D eigenvalue weighted by atomic mass is 9.93. The van der Waals surface area contributed by atoms with Gasteiger partial charge in [-0.2, -0.15) is 9.97 Å². The van der Waals surface area contributed by atoms with Gasteiger partial charge < -0.3 is 8.83 Å². The van der Waals surface area contributed by atoms with Crippen molar-refractivity contribution in [3.63, 3.8) is 0 Å². The Morgan fingerprint density at radius 2 is 0.905 bits per heavy atom. The molecule has 0 aliphatic carbocycles. The largest absolute Gasteiger partial charge is 0.456 e. The van der Waals surface area contributed by atoms with Crippen LogP contribution < -0.4 is 0 Å². The molecule has 294 valence electrons. The van der Waals surface area contributed by atoms with Gasteiger partial charge in [0.05, 0.1) is 11.0 Å². The van der Waals surface area contributed by atoms with E-state index in [0.717, 1.165) is 110 Å². The normalized spacial score (nSPS) is 11.8. The van der Waals surface area contributed by atoms with Crippen molar-refractivity contribution in [2.75, 3.05) is 0 Å². The smallest absolute Gasteiger partial charge is 0.238 e. The first-order valence-electron chi connectivity index (χ1n) is 21.1. The SMILES string of the molecule is c1ccc(-c2cc(-c3cccc(-c4cccc5c4oc4ccccc45)c3)c3c(c2)c2ccccc2n3-c2nc(-c3ccccc3)nc(-c3ccc4c(c3)oc3ccccc34)n2)cc1. The predicted octanol–water partition coefficient (Wildman–Crippen LogP) is 15.1. The number of fused-ring (bicyclic) bond motifs is 9. The van der Waals surface area contributed by atoms with Gasteiger partial charge in [0.25, 0.3) is 0 Å². The van der Waals surface area contributed by atoms with Crippen LogP contribution >= 0.6 is 0 Å². The first-order chi connectivity index (χ1) is 31.2. The Hall–Kier alpha value is -8.61. The van der Waals surface area contributed by atoms with E-state index >= 15 is 0 Å². The summed E-state index contributed by atoms with van der Waals surface area (Å²) in [6.45, 7) is 0. The molecule has 4 heterocycles. The third-order valence-corrected chi connectivity index (χ3v) is 12.3. The highest BCUT2D eigenvalue weighted by Crippen LogP contribution is 2.43. The second kappa shape index (κ2) is 14.0. The van der Waals surface area contributed by atoms with Crippen LogP contribution in [0.5, 0.6) is 0 Å². The van der Waals surface area contributed by atoms with Crippen LogP contribution in [-0.4, -0.2) is 19.5 Å². The molecular formula is C57H34N4O2. The van der Waals surface area contributed by atoms with E-state index in [4.69, 9.17) is 23.8 Å². The van der Waals surface area contributed by atoms with Gasteiger partial charge in [0, 0.05) is 54.6 Å². The minimum absolute atomic E-state index is 0.520. The standard InChI is InChI=1S/C57H34N4O2/c1-3-15-35(16-4-1)40-32-47(38-20-13-19-37(31-38)41-24-14-25-46-44-23-9-12-28-51(44)63-54(41)46)53-48(33-40)42-21-7-10-26-49(42)61(53)57-59-55(36-17-5-2-6-18-36)58-56(60-57)39-29-30-45-43-22-8-11-27-50(43)62-52(45)34-39/h1-34H. The molecule has 0 N–H and O–H groups in total. The van der Waals surface area contributed by atoms with Crippen molar-refractivity contribution in [2.45, 2.75) is 0 Å². The number of aromatic nitrogens is 4. The number of benzene rings is 9. The topological polar surface area (TPSA) is 69.9 Å². The molecule has 13 rings (SSSR count). The minimum Gasteiger partial charge on any atom is -0.456 e. The lowest BCUT2D eigenvalue weighted by Gasteiger charge is -2.15. The Balaban J connectivity index is 1.09.